The highest BCUT2D eigenvalue weighted by Crippen LogP contribution is 2.39. The molecule has 1 N–H and O–H groups in total. The minimum absolute atomic E-state index is 0.0801. The molecule has 1 unspecified atom stereocenters. The first-order valence-electron chi connectivity index (χ1n) is 11.4. The van der Waals surface area contributed by atoms with E-state index in [1.165, 1.54) is 10.4 Å². The fourth-order valence-corrected chi connectivity index (χ4v) is 5.61. The molecule has 0 radical (unpaired) electrons. The summed E-state index contributed by atoms with van der Waals surface area (Å²) in [6.07, 6.45) is 4.45. The molecule has 1 aliphatic rings. The number of carbonyl (C=O) groups is 1. The fourth-order valence-electron chi connectivity index (χ4n) is 4.27. The van der Waals surface area contributed by atoms with Crippen LogP contribution in [-0.4, -0.2) is 37.9 Å². The molecular formula is C26H25ClN6OS. The van der Waals surface area contributed by atoms with E-state index in [4.69, 9.17) is 16.6 Å². The molecule has 0 saturated carbocycles. The van der Waals surface area contributed by atoms with Crippen LogP contribution in [0.4, 0.5) is 0 Å². The van der Waals surface area contributed by atoms with Crippen LogP contribution in [0.5, 0.6) is 0 Å². The van der Waals surface area contributed by atoms with Gasteiger partial charge in [-0.15, -0.1) is 21.5 Å². The number of rotatable bonds is 6. The highest BCUT2D eigenvalue weighted by atomic mass is 35.5. The van der Waals surface area contributed by atoms with E-state index in [0.717, 1.165) is 33.2 Å². The number of thiophene rings is 1. The van der Waals surface area contributed by atoms with Crippen molar-refractivity contribution in [1.82, 2.24) is 25.1 Å². The minimum Gasteiger partial charge on any atom is -0.356 e. The Morgan fingerprint density at radius 3 is 2.69 bits per heavy atom. The zero-order valence-corrected chi connectivity index (χ0v) is 21.3. The first kappa shape index (κ1) is 23.4. The molecule has 5 rings (SSSR count). The molecule has 1 amide bonds. The zero-order chi connectivity index (χ0) is 24.5. The lowest BCUT2D eigenvalue weighted by Crippen LogP contribution is -2.27. The standard InChI is InChI=1S/C26H25ClN6OS/c1-15-16(2)35-26-23(15)24(19-6-8-20(27)9-7-19)30-21(25-32-31-17(3)33(25)26)13-22(34)29-12-10-18-5-4-11-28-14-18/h4-9,11,14,21H,10,12-13H2,1-3H3,(H,29,34). The summed E-state index contributed by atoms with van der Waals surface area (Å²) in [5.41, 5.74) is 5.10. The third kappa shape index (κ3) is 4.63. The highest BCUT2D eigenvalue weighted by molar-refractivity contribution is 7.15. The first-order valence-corrected chi connectivity index (χ1v) is 12.6. The van der Waals surface area contributed by atoms with Crippen LogP contribution >= 0.6 is 22.9 Å². The molecule has 0 fully saturated rings. The average molecular weight is 505 g/mol. The normalized spacial score (nSPS) is 14.6. The van der Waals surface area contributed by atoms with Crippen molar-refractivity contribution in [3.63, 3.8) is 0 Å². The van der Waals surface area contributed by atoms with Gasteiger partial charge in [-0.2, -0.15) is 0 Å². The quantitative estimate of drug-likeness (QED) is 0.403. The summed E-state index contributed by atoms with van der Waals surface area (Å²) < 4.78 is 2.06. The molecule has 7 nitrogen and oxygen atoms in total. The Morgan fingerprint density at radius 2 is 1.94 bits per heavy atom. The maximum Gasteiger partial charge on any atom is 0.222 e. The monoisotopic (exact) mass is 504 g/mol. The van der Waals surface area contributed by atoms with E-state index in [-0.39, 0.29) is 12.3 Å². The first-order chi connectivity index (χ1) is 16.9. The highest BCUT2D eigenvalue weighted by Gasteiger charge is 2.32. The van der Waals surface area contributed by atoms with Crippen LogP contribution in [0.3, 0.4) is 0 Å². The van der Waals surface area contributed by atoms with Gasteiger partial charge in [0.15, 0.2) is 5.82 Å². The second-order valence-electron chi connectivity index (χ2n) is 8.57. The third-order valence-corrected chi connectivity index (χ3v) is 7.64. The third-order valence-electron chi connectivity index (χ3n) is 6.19. The van der Waals surface area contributed by atoms with Crippen LogP contribution in [0.25, 0.3) is 5.00 Å². The maximum absolute atomic E-state index is 13.0. The predicted molar refractivity (Wildman–Crippen MR) is 139 cm³/mol. The number of aromatic nitrogens is 4. The lowest BCUT2D eigenvalue weighted by atomic mass is 9.99. The molecule has 0 spiro atoms. The summed E-state index contributed by atoms with van der Waals surface area (Å²) >= 11 is 7.86. The average Bonchev–Trinajstić information content (AvgIpc) is 3.32. The summed E-state index contributed by atoms with van der Waals surface area (Å²) in [4.78, 5) is 23.5. The molecule has 1 atom stereocenters. The van der Waals surface area contributed by atoms with Crippen molar-refractivity contribution < 1.29 is 4.79 Å². The van der Waals surface area contributed by atoms with Crippen molar-refractivity contribution in [2.75, 3.05) is 6.54 Å². The molecule has 4 aromatic rings. The van der Waals surface area contributed by atoms with Crippen LogP contribution in [-0.2, 0) is 11.2 Å². The Balaban J connectivity index is 1.50. The van der Waals surface area contributed by atoms with Crippen LogP contribution in [0.15, 0.2) is 53.8 Å². The van der Waals surface area contributed by atoms with Crippen molar-refractivity contribution >= 4 is 34.6 Å². The van der Waals surface area contributed by atoms with Gasteiger partial charge in [0.25, 0.3) is 0 Å². The molecule has 35 heavy (non-hydrogen) atoms. The summed E-state index contributed by atoms with van der Waals surface area (Å²) in [5, 5.41) is 13.5. The summed E-state index contributed by atoms with van der Waals surface area (Å²) in [6, 6.07) is 11.1. The van der Waals surface area contributed by atoms with Gasteiger partial charge >= 0.3 is 0 Å². The Labute approximate surface area is 212 Å². The van der Waals surface area contributed by atoms with Gasteiger partial charge in [0.2, 0.25) is 5.91 Å². The predicted octanol–water partition coefficient (Wildman–Crippen LogP) is 4.94. The molecule has 0 saturated heterocycles. The smallest absolute Gasteiger partial charge is 0.222 e. The van der Waals surface area contributed by atoms with Gasteiger partial charge in [0.1, 0.15) is 16.9 Å². The van der Waals surface area contributed by atoms with Crippen molar-refractivity contribution in [1.29, 1.82) is 0 Å². The van der Waals surface area contributed by atoms with E-state index < -0.39 is 6.04 Å². The maximum atomic E-state index is 13.0. The Bertz CT molecular complexity index is 1410. The lowest BCUT2D eigenvalue weighted by molar-refractivity contribution is -0.121. The summed E-state index contributed by atoms with van der Waals surface area (Å²) in [7, 11) is 0. The molecule has 1 aromatic carbocycles. The fraction of sp³-hybridized carbons (Fsp3) is 0.269. The van der Waals surface area contributed by atoms with Gasteiger partial charge < -0.3 is 5.32 Å². The molecular weight excluding hydrogens is 480 g/mol. The largest absolute Gasteiger partial charge is 0.356 e. The Morgan fingerprint density at radius 1 is 1.14 bits per heavy atom. The molecule has 0 bridgehead atoms. The molecule has 178 valence electrons. The van der Waals surface area contributed by atoms with Gasteiger partial charge in [-0.1, -0.05) is 29.8 Å². The molecule has 4 heterocycles. The second kappa shape index (κ2) is 9.71. The van der Waals surface area contributed by atoms with Crippen molar-refractivity contribution in [3.8, 4) is 5.00 Å². The number of nitrogens with zero attached hydrogens (tertiary/aromatic N) is 5. The van der Waals surface area contributed by atoms with Crippen molar-refractivity contribution in [2.45, 2.75) is 39.7 Å². The number of hydrogen-bond acceptors (Lipinski definition) is 6. The summed E-state index contributed by atoms with van der Waals surface area (Å²) in [5.74, 6) is 1.37. The van der Waals surface area contributed by atoms with Crippen molar-refractivity contribution in [2.24, 2.45) is 4.99 Å². The number of nitrogens with one attached hydrogen (secondary N) is 1. The topological polar surface area (TPSA) is 85.1 Å². The lowest BCUT2D eigenvalue weighted by Gasteiger charge is -2.13. The van der Waals surface area contributed by atoms with Gasteiger partial charge in [0.05, 0.1) is 12.1 Å². The molecule has 1 aliphatic heterocycles. The summed E-state index contributed by atoms with van der Waals surface area (Å²) in [6.45, 7) is 6.69. The van der Waals surface area contributed by atoms with E-state index in [9.17, 15) is 4.79 Å². The number of aryl methyl sites for hydroxylation is 2. The van der Waals surface area contributed by atoms with E-state index in [1.54, 1.807) is 17.5 Å². The van der Waals surface area contributed by atoms with Gasteiger partial charge in [-0.3, -0.25) is 19.3 Å². The number of amides is 1. The number of pyridine rings is 1. The SMILES string of the molecule is Cc1sc2c(c1C)C(c1ccc(Cl)cc1)=NC(CC(=O)NCCc1cccnc1)c1nnc(C)n1-2. The Hall–Kier alpha value is -3.36. The minimum atomic E-state index is -0.473. The zero-order valence-electron chi connectivity index (χ0n) is 19.7. The number of benzene rings is 1. The molecule has 0 aliphatic carbocycles. The van der Waals surface area contributed by atoms with Crippen LogP contribution < -0.4 is 5.32 Å². The number of carbonyl (C=O) groups excluding carboxylic acids is 1. The number of hydrogen-bond donors (Lipinski definition) is 1. The van der Waals surface area contributed by atoms with Gasteiger partial charge in [0, 0.05) is 40.0 Å². The number of aliphatic imine (C=N–C) groups is 1. The van der Waals surface area contributed by atoms with Crippen molar-refractivity contribution in [3.05, 3.63) is 92.6 Å². The number of halogens is 1. The van der Waals surface area contributed by atoms with E-state index in [0.29, 0.717) is 23.8 Å². The van der Waals surface area contributed by atoms with Gasteiger partial charge in [-0.05, 0) is 56.5 Å². The van der Waals surface area contributed by atoms with E-state index in [2.05, 4.69) is 38.9 Å². The number of fused-ring (bicyclic) bond motifs is 3. The molecule has 9 heteroatoms. The van der Waals surface area contributed by atoms with E-state index >= 15 is 0 Å². The van der Waals surface area contributed by atoms with Gasteiger partial charge in [-0.25, -0.2) is 0 Å². The molecule has 3 aromatic heterocycles. The van der Waals surface area contributed by atoms with Crippen LogP contribution in [0.2, 0.25) is 5.02 Å². The van der Waals surface area contributed by atoms with E-state index in [1.807, 2.05) is 49.5 Å². The Kier molecular flexibility index (Phi) is 6.49. The van der Waals surface area contributed by atoms with Crippen LogP contribution in [0.1, 0.15) is 51.2 Å². The van der Waals surface area contributed by atoms with Crippen LogP contribution in [0, 0.1) is 20.8 Å². The second-order valence-corrected chi connectivity index (χ2v) is 10.2.